The first kappa shape index (κ1) is 19.6. The van der Waals surface area contributed by atoms with Gasteiger partial charge in [0.15, 0.2) is 0 Å². The van der Waals surface area contributed by atoms with Crippen LogP contribution in [-0.4, -0.2) is 8.07 Å². The molecule has 0 aliphatic rings. The summed E-state index contributed by atoms with van der Waals surface area (Å²) in [6, 6.07) is 12.1. The molecule has 0 amide bonds. The van der Waals surface area contributed by atoms with Crippen LogP contribution in [0.3, 0.4) is 0 Å². The number of nitrogens with zero attached hydrogens (tertiary/aromatic N) is 1. The van der Waals surface area contributed by atoms with E-state index in [1.165, 1.54) is 18.2 Å². The van der Waals surface area contributed by atoms with E-state index < -0.39 is 8.07 Å². The van der Waals surface area contributed by atoms with Gasteiger partial charge in [-0.2, -0.15) is 4.57 Å². The molecule has 0 aliphatic heterocycles. The number of rotatable bonds is 2. The summed E-state index contributed by atoms with van der Waals surface area (Å²) in [5.41, 5.74) is 5.77. The van der Waals surface area contributed by atoms with Crippen LogP contribution in [0.4, 0.5) is 8.78 Å². The maximum atomic E-state index is 14.9. The lowest BCUT2D eigenvalue weighted by molar-refractivity contribution is -0.633. The van der Waals surface area contributed by atoms with Crippen LogP contribution in [0, 0.1) is 25.5 Å². The zero-order valence-corrected chi connectivity index (χ0v) is 20.2. The number of benzene rings is 3. The van der Waals surface area contributed by atoms with Crippen molar-refractivity contribution in [1.82, 2.24) is 0 Å². The van der Waals surface area contributed by atoms with Crippen molar-refractivity contribution in [3.8, 4) is 11.3 Å². The minimum atomic E-state index is -1.93. The fourth-order valence-electron chi connectivity index (χ4n) is 4.56. The predicted octanol–water partition coefficient (Wildman–Crippen LogP) is 6.67. The van der Waals surface area contributed by atoms with Crippen LogP contribution in [0.25, 0.3) is 44.1 Å². The van der Waals surface area contributed by atoms with Gasteiger partial charge in [-0.05, 0) is 60.5 Å². The lowest BCUT2D eigenvalue weighted by atomic mass is 9.96. The van der Waals surface area contributed by atoms with Crippen LogP contribution < -0.4 is 9.75 Å². The normalized spacial score (nSPS) is 12.8. The van der Waals surface area contributed by atoms with Crippen LogP contribution in [0.15, 0.2) is 52.9 Å². The molecule has 0 aliphatic carbocycles. The van der Waals surface area contributed by atoms with Crippen molar-refractivity contribution in [3.63, 3.8) is 0 Å². The maximum absolute atomic E-state index is 14.9. The summed E-state index contributed by atoms with van der Waals surface area (Å²) < 4.78 is 45.7. The van der Waals surface area contributed by atoms with E-state index in [1.54, 1.807) is 12.1 Å². The van der Waals surface area contributed by atoms with Crippen molar-refractivity contribution < 1.29 is 19.1 Å². The third kappa shape index (κ3) is 3.06. The second kappa shape index (κ2) is 6.97. The molecule has 2 heterocycles. The van der Waals surface area contributed by atoms with Gasteiger partial charge in [0.25, 0.3) is 0 Å². The Morgan fingerprint density at radius 1 is 0.969 bits per heavy atom. The number of aryl methyl sites for hydroxylation is 2. The summed E-state index contributed by atoms with van der Waals surface area (Å²) in [5, 5.41) is 3.09. The van der Waals surface area contributed by atoms with E-state index in [-0.39, 0.29) is 17.7 Å². The molecule has 0 atom stereocenters. The molecule has 5 aromatic rings. The van der Waals surface area contributed by atoms with E-state index in [0.29, 0.717) is 16.6 Å². The van der Waals surface area contributed by atoms with Gasteiger partial charge >= 0.3 is 0 Å². The van der Waals surface area contributed by atoms with E-state index in [0.717, 1.165) is 43.9 Å². The van der Waals surface area contributed by atoms with Crippen molar-refractivity contribution >= 4 is 46.1 Å². The number of halogens is 2. The number of hydrogen-bond acceptors (Lipinski definition) is 1. The second-order valence-corrected chi connectivity index (χ2v) is 14.7. The molecule has 0 spiro atoms. The van der Waals surface area contributed by atoms with E-state index in [4.69, 9.17) is 5.79 Å². The highest BCUT2D eigenvalue weighted by atomic mass is 28.3. The lowest BCUT2D eigenvalue weighted by Gasteiger charge is -2.18. The molecule has 2 nitrogen and oxygen atoms in total. The van der Waals surface area contributed by atoms with E-state index in [1.807, 2.05) is 31.5 Å². The Morgan fingerprint density at radius 2 is 1.72 bits per heavy atom. The van der Waals surface area contributed by atoms with Crippen LogP contribution >= 0.6 is 0 Å². The second-order valence-electron chi connectivity index (χ2n) is 9.64. The van der Waals surface area contributed by atoms with Crippen molar-refractivity contribution in [2.75, 3.05) is 0 Å². The standard InChI is InChI=1S/C27H26F2NOSi/c1-15-11-20-19-9-8-18(28)13-24(19)31-27(20)26(16(15)2)22-10-7-17-12-21(29)25(32(4,5)6)14-23(17)30(22)3/h7-14H,1-6H3/q+1/i7D. The van der Waals surface area contributed by atoms with E-state index >= 15 is 0 Å². The van der Waals surface area contributed by atoms with Gasteiger partial charge < -0.3 is 4.42 Å². The van der Waals surface area contributed by atoms with Crippen LogP contribution in [-0.2, 0) is 7.05 Å². The Balaban J connectivity index is 1.92. The van der Waals surface area contributed by atoms with Gasteiger partial charge in [0.05, 0.1) is 15.0 Å². The monoisotopic (exact) mass is 447 g/mol. The van der Waals surface area contributed by atoms with Crippen molar-refractivity contribution in [1.29, 1.82) is 0 Å². The van der Waals surface area contributed by atoms with Crippen molar-refractivity contribution in [2.24, 2.45) is 7.05 Å². The first-order valence-electron chi connectivity index (χ1n) is 11.2. The summed E-state index contributed by atoms with van der Waals surface area (Å²) in [6.07, 6.45) is 0. The summed E-state index contributed by atoms with van der Waals surface area (Å²) in [4.78, 5) is 0. The number of aromatic nitrogens is 1. The maximum Gasteiger partial charge on any atom is 0.216 e. The Kier molecular flexibility index (Phi) is 4.28. The number of fused-ring (bicyclic) bond motifs is 4. The molecule has 0 unspecified atom stereocenters. The minimum absolute atomic E-state index is 0.239. The first-order valence-corrected chi connectivity index (χ1v) is 14.2. The minimum Gasteiger partial charge on any atom is -0.455 e. The lowest BCUT2D eigenvalue weighted by Crippen LogP contribution is -2.42. The average molecular weight is 448 g/mol. The molecule has 32 heavy (non-hydrogen) atoms. The summed E-state index contributed by atoms with van der Waals surface area (Å²) in [6.45, 7) is 10.4. The highest BCUT2D eigenvalue weighted by Gasteiger charge is 2.27. The SMILES string of the molecule is [2H]c1cc(-c2c(C)c(C)cc3c2oc2cc(F)ccc23)[n+](C)c2cc([Si](C)(C)C)c(F)cc12. The highest BCUT2D eigenvalue weighted by molar-refractivity contribution is 6.88. The van der Waals surface area contributed by atoms with Crippen molar-refractivity contribution in [3.05, 3.63) is 71.3 Å². The first-order chi connectivity index (χ1) is 15.5. The molecule has 5 rings (SSSR count). The fourth-order valence-corrected chi connectivity index (χ4v) is 5.92. The Bertz CT molecular complexity index is 1620. The molecular formula is C27H26F2NOSi+. The molecule has 3 aromatic carbocycles. The van der Waals surface area contributed by atoms with Crippen LogP contribution in [0.2, 0.25) is 19.6 Å². The van der Waals surface area contributed by atoms with Crippen molar-refractivity contribution in [2.45, 2.75) is 33.5 Å². The number of furan rings is 1. The van der Waals surface area contributed by atoms with Gasteiger partial charge in [-0.25, -0.2) is 8.78 Å². The van der Waals surface area contributed by atoms with Crippen LogP contribution in [0.1, 0.15) is 12.5 Å². The largest absolute Gasteiger partial charge is 0.455 e. The third-order valence-corrected chi connectivity index (χ3v) is 8.48. The zero-order valence-electron chi connectivity index (χ0n) is 20.2. The summed E-state index contributed by atoms with van der Waals surface area (Å²) >= 11 is 0. The molecule has 0 fully saturated rings. The molecule has 5 heteroatoms. The molecule has 0 saturated carbocycles. The highest BCUT2D eigenvalue weighted by Crippen LogP contribution is 2.39. The van der Waals surface area contributed by atoms with Gasteiger partial charge in [-0.3, -0.25) is 0 Å². The Labute approximate surface area is 188 Å². The molecule has 0 radical (unpaired) electrons. The van der Waals surface area contributed by atoms with Crippen LogP contribution in [0.5, 0.6) is 0 Å². The van der Waals surface area contributed by atoms with Gasteiger partial charge in [0.1, 0.15) is 29.8 Å². The van der Waals surface area contributed by atoms with E-state index in [9.17, 15) is 8.78 Å². The average Bonchev–Trinajstić information content (AvgIpc) is 3.07. The molecule has 162 valence electrons. The van der Waals surface area contributed by atoms with Gasteiger partial charge in [-0.1, -0.05) is 19.6 Å². The Morgan fingerprint density at radius 3 is 2.44 bits per heavy atom. The molecule has 0 N–H and O–H groups in total. The molecule has 2 aromatic heterocycles. The zero-order chi connectivity index (χ0) is 23.8. The van der Waals surface area contributed by atoms with Gasteiger partial charge in [0, 0.05) is 34.4 Å². The quantitative estimate of drug-likeness (QED) is 0.218. The molecular weight excluding hydrogens is 420 g/mol. The van der Waals surface area contributed by atoms with Gasteiger partial charge in [-0.15, -0.1) is 0 Å². The fraction of sp³-hybridized carbons (Fsp3) is 0.222. The summed E-state index contributed by atoms with van der Waals surface area (Å²) in [7, 11) is 0.0165. The number of hydrogen-bond donors (Lipinski definition) is 0. The van der Waals surface area contributed by atoms with Gasteiger partial charge in [0.2, 0.25) is 11.2 Å². The predicted molar refractivity (Wildman–Crippen MR) is 130 cm³/mol. The molecule has 0 bridgehead atoms. The Hall–Kier alpha value is -3.05. The smallest absolute Gasteiger partial charge is 0.216 e. The summed E-state index contributed by atoms with van der Waals surface area (Å²) in [5.74, 6) is -0.585. The number of pyridine rings is 1. The topological polar surface area (TPSA) is 17.0 Å². The van der Waals surface area contributed by atoms with E-state index in [2.05, 4.69) is 25.7 Å². The third-order valence-electron chi connectivity index (χ3n) is 6.48. The molecule has 0 saturated heterocycles.